The zero-order valence-electron chi connectivity index (χ0n) is 26.9. The molecule has 4 atom stereocenters. The molecule has 7 nitrogen and oxygen atoms in total. The maximum Gasteiger partial charge on any atom is 0.321 e. The van der Waals surface area contributed by atoms with Gasteiger partial charge in [0.15, 0.2) is 0 Å². The molecule has 3 aromatic rings. The van der Waals surface area contributed by atoms with Crippen molar-refractivity contribution >= 4 is 5.97 Å². The van der Waals surface area contributed by atoms with Gasteiger partial charge in [-0.3, -0.25) is 14.4 Å². The Morgan fingerprint density at radius 2 is 1.84 bits per heavy atom. The van der Waals surface area contributed by atoms with Gasteiger partial charge in [-0.15, -0.1) is 0 Å². The fourth-order valence-corrected chi connectivity index (χ4v) is 7.40. The number of carbonyl (C=O) groups is 1. The molecule has 2 saturated heterocycles. The first-order chi connectivity index (χ1) is 21.8. The molecule has 5 rings (SSSR count). The lowest BCUT2D eigenvalue weighted by molar-refractivity contribution is -0.145. The van der Waals surface area contributed by atoms with Crippen molar-refractivity contribution in [3.63, 3.8) is 0 Å². The molecular formula is C36H48F2N4O3. The molecule has 2 aliphatic rings. The van der Waals surface area contributed by atoms with Gasteiger partial charge >= 0.3 is 5.97 Å². The summed E-state index contributed by atoms with van der Waals surface area (Å²) in [5.41, 5.74) is 4.14. The topological polar surface area (TPSA) is 70.8 Å². The van der Waals surface area contributed by atoms with E-state index >= 15 is 0 Å². The molecule has 0 aliphatic carbocycles. The van der Waals surface area contributed by atoms with Crippen molar-refractivity contribution in [2.45, 2.75) is 70.9 Å². The average Bonchev–Trinajstić information content (AvgIpc) is 3.62. The van der Waals surface area contributed by atoms with Gasteiger partial charge in [0.2, 0.25) is 0 Å². The van der Waals surface area contributed by atoms with Crippen LogP contribution >= 0.6 is 0 Å². The van der Waals surface area contributed by atoms with Crippen LogP contribution in [0.2, 0.25) is 0 Å². The summed E-state index contributed by atoms with van der Waals surface area (Å²) in [5, 5.41) is 14.9. The number of halogens is 2. The van der Waals surface area contributed by atoms with Gasteiger partial charge < -0.3 is 14.7 Å². The van der Waals surface area contributed by atoms with E-state index in [2.05, 4.69) is 28.0 Å². The number of ether oxygens (including phenoxy) is 1. The second-order valence-corrected chi connectivity index (χ2v) is 12.8. The van der Waals surface area contributed by atoms with E-state index in [0.717, 1.165) is 67.2 Å². The Kier molecular flexibility index (Phi) is 11.3. The minimum absolute atomic E-state index is 0.0265. The van der Waals surface area contributed by atoms with E-state index in [9.17, 15) is 18.7 Å². The number of nitrogens with zero attached hydrogens (tertiary/aromatic N) is 4. The first-order valence-corrected chi connectivity index (χ1v) is 16.6. The van der Waals surface area contributed by atoms with Crippen LogP contribution in [0.15, 0.2) is 54.6 Å². The van der Waals surface area contributed by atoms with Crippen molar-refractivity contribution in [2.24, 2.45) is 11.8 Å². The summed E-state index contributed by atoms with van der Waals surface area (Å²) in [4.78, 5) is 16.9. The van der Waals surface area contributed by atoms with Crippen LogP contribution in [-0.2, 0) is 17.8 Å². The van der Waals surface area contributed by atoms with Gasteiger partial charge in [-0.05, 0) is 86.1 Å². The Labute approximate surface area is 266 Å². The summed E-state index contributed by atoms with van der Waals surface area (Å²) < 4.78 is 35.2. The van der Waals surface area contributed by atoms with Crippen molar-refractivity contribution in [2.75, 3.05) is 46.0 Å². The fourth-order valence-electron chi connectivity index (χ4n) is 7.40. The zero-order chi connectivity index (χ0) is 31.9. The second kappa shape index (κ2) is 15.3. The molecule has 45 heavy (non-hydrogen) atoms. The van der Waals surface area contributed by atoms with E-state index in [0.29, 0.717) is 32.0 Å². The highest BCUT2D eigenvalue weighted by Gasteiger charge is 2.42. The van der Waals surface area contributed by atoms with Crippen LogP contribution in [0.5, 0.6) is 5.75 Å². The number of hydrogen-bond donors (Lipinski definition) is 1. The molecule has 4 unspecified atom stereocenters. The number of carboxylic acid groups (broad SMARTS) is 1. The Hall–Kier alpha value is -3.30. The third-order valence-corrected chi connectivity index (χ3v) is 9.85. The minimum atomic E-state index is -0.782. The maximum atomic E-state index is 14.3. The largest absolute Gasteiger partial charge is 0.494 e. The smallest absolute Gasteiger partial charge is 0.321 e. The van der Waals surface area contributed by atoms with Gasteiger partial charge in [-0.1, -0.05) is 44.5 Å². The monoisotopic (exact) mass is 622 g/mol. The highest BCUT2D eigenvalue weighted by atomic mass is 19.1. The summed E-state index contributed by atoms with van der Waals surface area (Å²) in [7, 11) is 0. The van der Waals surface area contributed by atoms with E-state index in [4.69, 9.17) is 9.84 Å². The lowest BCUT2D eigenvalue weighted by atomic mass is 9.87. The number of aliphatic carboxylic acids is 1. The fraction of sp³-hybridized carbons (Fsp3) is 0.556. The standard InChI is InChI=1S/C36H48F2N4O3/c1-4-25(3)35(36(43)44)41-23-29(33(24-41)28-7-6-8-30(38)20-28)22-40-16-13-27(14-17-40)34-21-31(39-42(34)18-15-37)19-26-9-11-32(12-10-26)45-5-2/h6-12,20-21,25,27,29,33,35H,4-5,13-19,22-24H2,1-3H3,(H,43,44). The van der Waals surface area contributed by atoms with Crippen molar-refractivity contribution in [1.29, 1.82) is 0 Å². The minimum Gasteiger partial charge on any atom is -0.494 e. The third kappa shape index (κ3) is 8.11. The van der Waals surface area contributed by atoms with Crippen molar-refractivity contribution in [1.82, 2.24) is 19.6 Å². The third-order valence-electron chi connectivity index (χ3n) is 9.85. The first-order valence-electron chi connectivity index (χ1n) is 16.6. The highest BCUT2D eigenvalue weighted by molar-refractivity contribution is 5.74. The van der Waals surface area contributed by atoms with E-state index in [1.807, 2.05) is 43.7 Å². The Balaban J connectivity index is 1.26. The van der Waals surface area contributed by atoms with Gasteiger partial charge in [0.25, 0.3) is 0 Å². The quantitative estimate of drug-likeness (QED) is 0.225. The number of hydrogen-bond acceptors (Lipinski definition) is 5. The van der Waals surface area contributed by atoms with Gasteiger partial charge in [0.05, 0.1) is 18.8 Å². The first kappa shape index (κ1) is 33.1. The summed E-state index contributed by atoms with van der Waals surface area (Å²) in [6, 6.07) is 16.5. The molecule has 0 saturated carbocycles. The van der Waals surface area contributed by atoms with E-state index in [-0.39, 0.29) is 30.1 Å². The molecule has 3 heterocycles. The predicted molar refractivity (Wildman–Crippen MR) is 172 cm³/mol. The number of carboxylic acids is 1. The van der Waals surface area contributed by atoms with Crippen LogP contribution < -0.4 is 4.74 Å². The predicted octanol–water partition coefficient (Wildman–Crippen LogP) is 6.38. The van der Waals surface area contributed by atoms with Gasteiger partial charge in [0.1, 0.15) is 24.3 Å². The molecule has 0 spiro atoms. The number of alkyl halides is 1. The number of rotatable bonds is 14. The summed E-state index contributed by atoms with van der Waals surface area (Å²) in [6.07, 6.45) is 3.38. The Bertz CT molecular complexity index is 1390. The molecule has 0 bridgehead atoms. The molecule has 1 aromatic heterocycles. The lowest BCUT2D eigenvalue weighted by Gasteiger charge is -2.35. The Morgan fingerprint density at radius 3 is 2.49 bits per heavy atom. The van der Waals surface area contributed by atoms with Crippen LogP contribution in [0, 0.1) is 17.7 Å². The van der Waals surface area contributed by atoms with Gasteiger partial charge in [0, 0.05) is 43.6 Å². The SMILES string of the molecule is CCOc1ccc(Cc2cc(C3CCN(CC4CN(C(C(=O)O)C(C)CC)CC4c4cccc(F)c4)CC3)n(CCF)n2)cc1. The van der Waals surface area contributed by atoms with Crippen LogP contribution in [0.3, 0.4) is 0 Å². The molecule has 0 amide bonds. The van der Waals surface area contributed by atoms with E-state index in [1.165, 1.54) is 6.07 Å². The van der Waals surface area contributed by atoms with Gasteiger partial charge in [-0.25, -0.2) is 8.78 Å². The normalized spacial score (nSPS) is 21.2. The molecule has 244 valence electrons. The molecular weight excluding hydrogens is 574 g/mol. The van der Waals surface area contributed by atoms with Crippen LogP contribution in [0.1, 0.15) is 74.4 Å². The number of aromatic nitrogens is 2. The Morgan fingerprint density at radius 1 is 1.09 bits per heavy atom. The number of piperidine rings is 1. The average molecular weight is 623 g/mol. The van der Waals surface area contributed by atoms with Crippen molar-refractivity contribution < 1.29 is 23.4 Å². The molecule has 1 N–H and O–H groups in total. The number of aryl methyl sites for hydroxylation is 1. The molecule has 0 radical (unpaired) electrons. The van der Waals surface area contributed by atoms with Crippen LogP contribution in [0.25, 0.3) is 0 Å². The van der Waals surface area contributed by atoms with Gasteiger partial charge in [-0.2, -0.15) is 5.10 Å². The van der Waals surface area contributed by atoms with Crippen LogP contribution in [-0.4, -0.2) is 82.7 Å². The summed E-state index contributed by atoms with van der Waals surface area (Å²) >= 11 is 0. The number of benzene rings is 2. The van der Waals surface area contributed by atoms with Crippen molar-refractivity contribution in [3.8, 4) is 5.75 Å². The summed E-state index contributed by atoms with van der Waals surface area (Å²) in [6.45, 7) is 10.4. The highest BCUT2D eigenvalue weighted by Crippen LogP contribution is 2.38. The van der Waals surface area contributed by atoms with E-state index < -0.39 is 18.7 Å². The number of likely N-dealkylation sites (tertiary alicyclic amines) is 2. The second-order valence-electron chi connectivity index (χ2n) is 12.8. The summed E-state index contributed by atoms with van der Waals surface area (Å²) in [5.74, 6) is 0.410. The van der Waals surface area contributed by atoms with Crippen molar-refractivity contribution in [3.05, 3.63) is 82.9 Å². The molecule has 9 heteroatoms. The molecule has 2 aliphatic heterocycles. The zero-order valence-corrected chi connectivity index (χ0v) is 26.9. The molecule has 2 aromatic carbocycles. The van der Waals surface area contributed by atoms with Crippen LogP contribution in [0.4, 0.5) is 8.78 Å². The molecule has 2 fully saturated rings. The lowest BCUT2D eigenvalue weighted by Crippen LogP contribution is -2.45. The maximum absolute atomic E-state index is 14.3. The van der Waals surface area contributed by atoms with E-state index in [1.54, 1.807) is 12.1 Å².